The van der Waals surface area contributed by atoms with Crippen LogP contribution in [0.25, 0.3) is 0 Å². The molecule has 21 heavy (non-hydrogen) atoms. The maximum absolute atomic E-state index is 12.7. The number of nitrogens with one attached hydrogen (secondary N) is 1. The summed E-state index contributed by atoms with van der Waals surface area (Å²) in [4.78, 5) is 4.17. The second kappa shape index (κ2) is 8.64. The molecule has 0 aliphatic rings. The van der Waals surface area contributed by atoms with E-state index in [-0.39, 0.29) is 31.2 Å². The zero-order valence-electron chi connectivity index (χ0n) is 12.0. The summed E-state index contributed by atoms with van der Waals surface area (Å²) in [5.74, 6) is 0.293. The number of rotatable bonds is 9. The van der Waals surface area contributed by atoms with E-state index in [2.05, 4.69) is 26.2 Å². The standard InChI is InChI=1S/C12H20BrN3O4S/c1-3-14-12-11(8-10(13)9-15-12)21(18,19)16(4-6-17)5-7-20-2/h8-9,17H,3-7H2,1-2H3,(H,14,15). The fourth-order valence-electron chi connectivity index (χ4n) is 1.71. The molecule has 0 unspecified atom stereocenters. The molecule has 0 aliphatic heterocycles. The highest BCUT2D eigenvalue weighted by Gasteiger charge is 2.27. The van der Waals surface area contributed by atoms with E-state index < -0.39 is 10.0 Å². The van der Waals surface area contributed by atoms with Gasteiger partial charge in [-0.2, -0.15) is 4.31 Å². The van der Waals surface area contributed by atoms with Gasteiger partial charge in [0, 0.05) is 37.4 Å². The molecule has 1 aromatic rings. The Morgan fingerprint density at radius 2 is 2.19 bits per heavy atom. The van der Waals surface area contributed by atoms with Crippen LogP contribution in [-0.2, 0) is 14.8 Å². The number of sulfonamides is 1. The van der Waals surface area contributed by atoms with Crippen molar-refractivity contribution in [2.24, 2.45) is 0 Å². The van der Waals surface area contributed by atoms with Crippen molar-refractivity contribution < 1.29 is 18.3 Å². The molecule has 7 nitrogen and oxygen atoms in total. The van der Waals surface area contributed by atoms with Crippen molar-refractivity contribution in [1.82, 2.24) is 9.29 Å². The second-order valence-corrected chi connectivity index (χ2v) is 6.97. The van der Waals surface area contributed by atoms with Gasteiger partial charge >= 0.3 is 0 Å². The van der Waals surface area contributed by atoms with Gasteiger partial charge in [-0.25, -0.2) is 13.4 Å². The molecule has 0 aromatic carbocycles. The van der Waals surface area contributed by atoms with Crippen LogP contribution in [0, 0.1) is 0 Å². The number of aliphatic hydroxyl groups excluding tert-OH is 1. The van der Waals surface area contributed by atoms with E-state index in [1.165, 1.54) is 23.7 Å². The van der Waals surface area contributed by atoms with Gasteiger partial charge in [-0.05, 0) is 28.9 Å². The van der Waals surface area contributed by atoms with Crippen molar-refractivity contribution in [3.8, 4) is 0 Å². The molecule has 0 saturated carbocycles. The number of ether oxygens (including phenoxy) is 1. The minimum absolute atomic E-state index is 0.00374. The van der Waals surface area contributed by atoms with Crippen LogP contribution < -0.4 is 5.32 Å². The highest BCUT2D eigenvalue weighted by atomic mass is 79.9. The molecule has 0 fully saturated rings. The molecule has 0 radical (unpaired) electrons. The van der Waals surface area contributed by atoms with E-state index in [9.17, 15) is 8.42 Å². The average Bonchev–Trinajstić information content (AvgIpc) is 2.45. The van der Waals surface area contributed by atoms with Crippen LogP contribution in [0.5, 0.6) is 0 Å². The number of hydrogen-bond acceptors (Lipinski definition) is 6. The van der Waals surface area contributed by atoms with Crippen molar-refractivity contribution in [3.05, 3.63) is 16.7 Å². The summed E-state index contributed by atoms with van der Waals surface area (Å²) in [7, 11) is -2.28. The SMILES string of the molecule is CCNc1ncc(Br)cc1S(=O)(=O)N(CCO)CCOC. The Morgan fingerprint density at radius 1 is 1.48 bits per heavy atom. The summed E-state index contributed by atoms with van der Waals surface area (Å²) in [5.41, 5.74) is 0. The number of anilines is 1. The van der Waals surface area contributed by atoms with Gasteiger partial charge in [-0.3, -0.25) is 0 Å². The van der Waals surface area contributed by atoms with Crippen molar-refractivity contribution in [2.75, 3.05) is 45.3 Å². The third-order valence-corrected chi connectivity index (χ3v) is 5.02. The topological polar surface area (TPSA) is 91.8 Å². The van der Waals surface area contributed by atoms with Crippen molar-refractivity contribution in [1.29, 1.82) is 0 Å². The summed E-state index contributed by atoms with van der Waals surface area (Å²) in [6.07, 6.45) is 1.53. The molecule has 0 spiro atoms. The summed E-state index contributed by atoms with van der Waals surface area (Å²) in [5, 5.41) is 12.0. The summed E-state index contributed by atoms with van der Waals surface area (Å²) in [6, 6.07) is 1.50. The molecule has 0 aliphatic carbocycles. The van der Waals surface area contributed by atoms with E-state index in [0.29, 0.717) is 16.8 Å². The molecule has 9 heteroatoms. The molecule has 1 rings (SSSR count). The number of pyridine rings is 1. The van der Waals surface area contributed by atoms with Crippen molar-refractivity contribution in [2.45, 2.75) is 11.8 Å². The first-order chi connectivity index (χ1) is 9.97. The zero-order valence-corrected chi connectivity index (χ0v) is 14.4. The normalized spacial score (nSPS) is 11.9. The molecule has 2 N–H and O–H groups in total. The lowest BCUT2D eigenvalue weighted by Gasteiger charge is -2.22. The third-order valence-electron chi connectivity index (χ3n) is 2.68. The Bertz CT molecular complexity index is 553. The molecule has 0 atom stereocenters. The van der Waals surface area contributed by atoms with Crippen LogP contribution in [0.2, 0.25) is 0 Å². The quantitative estimate of drug-likeness (QED) is 0.660. The lowest BCUT2D eigenvalue weighted by molar-refractivity contribution is 0.168. The number of nitrogens with zero attached hydrogens (tertiary/aromatic N) is 2. The van der Waals surface area contributed by atoms with Gasteiger partial charge < -0.3 is 15.2 Å². The molecular weight excluding hydrogens is 362 g/mol. The highest BCUT2D eigenvalue weighted by Crippen LogP contribution is 2.25. The van der Waals surface area contributed by atoms with E-state index >= 15 is 0 Å². The van der Waals surface area contributed by atoms with Gasteiger partial charge in [0.2, 0.25) is 10.0 Å². The van der Waals surface area contributed by atoms with Crippen LogP contribution in [0.15, 0.2) is 21.6 Å². The molecule has 0 amide bonds. The Balaban J connectivity index is 3.22. The fraction of sp³-hybridized carbons (Fsp3) is 0.583. The van der Waals surface area contributed by atoms with Crippen molar-refractivity contribution in [3.63, 3.8) is 0 Å². The number of aliphatic hydroxyl groups is 1. The monoisotopic (exact) mass is 381 g/mol. The Hall–Kier alpha value is -0.740. The third kappa shape index (κ3) is 4.89. The van der Waals surface area contributed by atoms with Crippen molar-refractivity contribution >= 4 is 31.8 Å². The van der Waals surface area contributed by atoms with Crippen LogP contribution >= 0.6 is 15.9 Å². The first-order valence-electron chi connectivity index (χ1n) is 6.46. The molecular formula is C12H20BrN3O4S. The average molecular weight is 382 g/mol. The Morgan fingerprint density at radius 3 is 2.76 bits per heavy atom. The molecule has 120 valence electrons. The van der Waals surface area contributed by atoms with Crippen LogP contribution in [0.3, 0.4) is 0 Å². The Kier molecular flexibility index (Phi) is 7.53. The van der Waals surface area contributed by atoms with E-state index in [4.69, 9.17) is 9.84 Å². The van der Waals surface area contributed by atoms with Gasteiger partial charge in [0.25, 0.3) is 0 Å². The summed E-state index contributed by atoms with van der Waals surface area (Å²) >= 11 is 3.23. The van der Waals surface area contributed by atoms with Gasteiger partial charge in [0.1, 0.15) is 10.7 Å². The lowest BCUT2D eigenvalue weighted by atomic mass is 10.4. The smallest absolute Gasteiger partial charge is 0.246 e. The minimum atomic E-state index is -3.77. The molecule has 0 saturated heterocycles. The largest absolute Gasteiger partial charge is 0.395 e. The van der Waals surface area contributed by atoms with Crippen LogP contribution in [0.1, 0.15) is 6.92 Å². The van der Waals surface area contributed by atoms with E-state index in [1.54, 1.807) is 0 Å². The molecule has 1 aromatic heterocycles. The number of hydrogen-bond donors (Lipinski definition) is 2. The van der Waals surface area contributed by atoms with E-state index in [1.807, 2.05) is 6.92 Å². The predicted octanol–water partition coefficient (Wildman–Crippen LogP) is 0.905. The zero-order chi connectivity index (χ0) is 15.9. The highest BCUT2D eigenvalue weighted by molar-refractivity contribution is 9.10. The fourth-order valence-corrected chi connectivity index (χ4v) is 3.76. The van der Waals surface area contributed by atoms with Gasteiger partial charge in [-0.1, -0.05) is 0 Å². The van der Waals surface area contributed by atoms with Crippen LogP contribution in [0.4, 0.5) is 5.82 Å². The Labute approximate surface area is 133 Å². The first-order valence-corrected chi connectivity index (χ1v) is 8.70. The lowest BCUT2D eigenvalue weighted by Crippen LogP contribution is -2.36. The first kappa shape index (κ1) is 18.3. The maximum Gasteiger partial charge on any atom is 0.246 e. The second-order valence-electron chi connectivity index (χ2n) is 4.15. The summed E-state index contributed by atoms with van der Waals surface area (Å²) < 4.78 is 32.1. The number of methoxy groups -OCH3 is 1. The van der Waals surface area contributed by atoms with Gasteiger partial charge in [0.15, 0.2) is 0 Å². The van der Waals surface area contributed by atoms with Gasteiger partial charge in [0.05, 0.1) is 13.2 Å². The van der Waals surface area contributed by atoms with E-state index in [0.717, 1.165) is 0 Å². The molecule has 1 heterocycles. The number of aromatic nitrogens is 1. The molecule has 0 bridgehead atoms. The number of halogens is 1. The predicted molar refractivity (Wildman–Crippen MR) is 83.8 cm³/mol. The maximum atomic E-state index is 12.7. The minimum Gasteiger partial charge on any atom is -0.395 e. The van der Waals surface area contributed by atoms with Gasteiger partial charge in [-0.15, -0.1) is 0 Å². The summed E-state index contributed by atoms with van der Waals surface area (Å²) in [6.45, 7) is 2.56. The van der Waals surface area contributed by atoms with Crippen LogP contribution in [-0.4, -0.2) is 62.8 Å².